The molecule has 0 saturated heterocycles. The number of hydrogen-bond donors (Lipinski definition) is 2. The zero-order chi connectivity index (χ0) is 21.0. The fourth-order valence-corrected chi connectivity index (χ4v) is 3.70. The highest BCUT2D eigenvalue weighted by molar-refractivity contribution is 7.80. The van der Waals surface area contributed by atoms with Gasteiger partial charge in [-0.3, -0.25) is 4.90 Å². The van der Waals surface area contributed by atoms with Gasteiger partial charge in [-0.25, -0.2) is 4.79 Å². The van der Waals surface area contributed by atoms with Crippen molar-refractivity contribution in [1.29, 1.82) is 0 Å². The van der Waals surface area contributed by atoms with Gasteiger partial charge in [0.15, 0.2) is 16.6 Å². The molecule has 3 rings (SSSR count). The fourth-order valence-electron chi connectivity index (χ4n) is 3.34. The number of esters is 1. The minimum absolute atomic E-state index is 0.0401. The average Bonchev–Trinajstić information content (AvgIpc) is 2.70. The van der Waals surface area contributed by atoms with Gasteiger partial charge >= 0.3 is 5.97 Å². The van der Waals surface area contributed by atoms with Gasteiger partial charge in [0.05, 0.1) is 24.8 Å². The number of carbonyl (C=O) groups excluding carboxylic acids is 1. The second kappa shape index (κ2) is 8.96. The quantitative estimate of drug-likeness (QED) is 0.548. The number of benzene rings is 2. The summed E-state index contributed by atoms with van der Waals surface area (Å²) in [4.78, 5) is 14.7. The molecule has 1 atom stereocenters. The number of para-hydroxylation sites is 1. The Bertz CT molecular complexity index is 943. The summed E-state index contributed by atoms with van der Waals surface area (Å²) >= 11 is 5.63. The predicted octanol–water partition coefficient (Wildman–Crippen LogP) is 4.06. The van der Waals surface area contributed by atoms with Gasteiger partial charge in [-0.15, -0.1) is 0 Å². The van der Waals surface area contributed by atoms with E-state index in [1.54, 1.807) is 25.1 Å². The highest BCUT2D eigenvalue weighted by Gasteiger charge is 2.35. The van der Waals surface area contributed by atoms with E-state index < -0.39 is 12.0 Å². The van der Waals surface area contributed by atoms with Crippen LogP contribution in [-0.4, -0.2) is 29.4 Å². The largest absolute Gasteiger partial charge is 0.504 e. The van der Waals surface area contributed by atoms with Crippen LogP contribution in [0.3, 0.4) is 0 Å². The molecule has 0 aromatic heterocycles. The number of phenols is 1. The molecule has 152 valence electrons. The van der Waals surface area contributed by atoms with E-state index in [4.69, 9.17) is 21.7 Å². The third kappa shape index (κ3) is 4.19. The maximum absolute atomic E-state index is 12.9. The highest BCUT2D eigenvalue weighted by atomic mass is 32.1. The number of allylic oxidation sites excluding steroid dienone is 1. The number of carbonyl (C=O) groups is 1. The Balaban J connectivity index is 2.12. The predicted molar refractivity (Wildman–Crippen MR) is 116 cm³/mol. The molecule has 2 aromatic carbocycles. The van der Waals surface area contributed by atoms with E-state index in [-0.39, 0.29) is 12.4 Å². The molecule has 0 spiro atoms. The van der Waals surface area contributed by atoms with Crippen LogP contribution in [0.5, 0.6) is 11.5 Å². The molecule has 0 amide bonds. The molecule has 1 unspecified atom stereocenters. The van der Waals surface area contributed by atoms with Crippen LogP contribution in [0.4, 0.5) is 5.69 Å². The van der Waals surface area contributed by atoms with Crippen molar-refractivity contribution in [3.05, 3.63) is 65.4 Å². The summed E-state index contributed by atoms with van der Waals surface area (Å²) < 4.78 is 10.8. The summed E-state index contributed by atoms with van der Waals surface area (Å²) in [6, 6.07) is 14.1. The zero-order valence-corrected chi connectivity index (χ0v) is 17.5. The summed E-state index contributed by atoms with van der Waals surface area (Å²) in [5, 5.41) is 13.8. The van der Waals surface area contributed by atoms with E-state index >= 15 is 0 Å². The number of rotatable bonds is 6. The van der Waals surface area contributed by atoms with Crippen molar-refractivity contribution >= 4 is 29.0 Å². The van der Waals surface area contributed by atoms with E-state index in [1.807, 2.05) is 49.1 Å². The Kier molecular flexibility index (Phi) is 6.39. The monoisotopic (exact) mass is 412 g/mol. The van der Waals surface area contributed by atoms with Crippen LogP contribution in [0.1, 0.15) is 32.4 Å². The lowest BCUT2D eigenvalue weighted by Crippen LogP contribution is -2.48. The van der Waals surface area contributed by atoms with Crippen molar-refractivity contribution < 1.29 is 19.4 Å². The lowest BCUT2D eigenvalue weighted by molar-refractivity contribution is -0.139. The van der Waals surface area contributed by atoms with Crippen LogP contribution < -0.4 is 15.0 Å². The zero-order valence-electron chi connectivity index (χ0n) is 16.6. The fraction of sp³-hybridized carbons (Fsp3) is 0.273. The second-order valence-corrected chi connectivity index (χ2v) is 6.82. The maximum atomic E-state index is 12.9. The summed E-state index contributed by atoms with van der Waals surface area (Å²) in [7, 11) is 0. The van der Waals surface area contributed by atoms with E-state index in [2.05, 4.69) is 5.32 Å². The SMILES string of the molecule is CCOC(=O)C1=C(C)N(c2ccccc2)C(=S)NC1c1ccc(O)c(OCC)c1. The normalized spacial score (nSPS) is 16.4. The molecule has 1 heterocycles. The van der Waals surface area contributed by atoms with Crippen molar-refractivity contribution in [2.75, 3.05) is 18.1 Å². The van der Waals surface area contributed by atoms with Crippen molar-refractivity contribution in [1.82, 2.24) is 5.32 Å². The molecule has 1 aliphatic heterocycles. The first-order valence-electron chi connectivity index (χ1n) is 9.47. The number of phenolic OH excluding ortho intramolecular Hbond substituents is 1. The van der Waals surface area contributed by atoms with Gasteiger partial charge in [-0.2, -0.15) is 0 Å². The molecular weight excluding hydrogens is 388 g/mol. The molecule has 2 aromatic rings. The molecule has 7 heteroatoms. The first-order chi connectivity index (χ1) is 14.0. The molecule has 0 radical (unpaired) electrons. The summed E-state index contributed by atoms with van der Waals surface area (Å²) in [6.07, 6.45) is 0. The number of nitrogens with zero attached hydrogens (tertiary/aromatic N) is 1. The summed E-state index contributed by atoms with van der Waals surface area (Å²) in [6.45, 7) is 6.13. The Hall–Kier alpha value is -3.06. The van der Waals surface area contributed by atoms with Crippen LogP contribution in [-0.2, 0) is 9.53 Å². The third-order valence-electron chi connectivity index (χ3n) is 4.61. The first kappa shape index (κ1) is 20.7. The Labute approximate surface area is 175 Å². The molecule has 0 fully saturated rings. The minimum Gasteiger partial charge on any atom is -0.504 e. The van der Waals surface area contributed by atoms with E-state index in [0.29, 0.717) is 28.7 Å². The Morgan fingerprint density at radius 2 is 1.90 bits per heavy atom. The number of thiocarbonyl (C=S) groups is 1. The second-order valence-electron chi connectivity index (χ2n) is 6.43. The summed E-state index contributed by atoms with van der Waals surface area (Å²) in [5.74, 6) is -0.0284. The molecule has 6 nitrogen and oxygen atoms in total. The average molecular weight is 413 g/mol. The van der Waals surface area contributed by atoms with E-state index in [1.165, 1.54) is 0 Å². The van der Waals surface area contributed by atoms with Gasteiger partial charge in [-0.05, 0) is 62.8 Å². The first-order valence-corrected chi connectivity index (χ1v) is 9.88. The highest BCUT2D eigenvalue weighted by Crippen LogP contribution is 2.37. The van der Waals surface area contributed by atoms with Crippen molar-refractivity contribution in [3.8, 4) is 11.5 Å². The molecule has 0 bridgehead atoms. The van der Waals surface area contributed by atoms with E-state index in [0.717, 1.165) is 11.3 Å². The molecule has 0 saturated carbocycles. The van der Waals surface area contributed by atoms with Crippen molar-refractivity contribution in [2.45, 2.75) is 26.8 Å². The Morgan fingerprint density at radius 1 is 1.17 bits per heavy atom. The van der Waals surface area contributed by atoms with Crippen LogP contribution in [0.15, 0.2) is 59.8 Å². The topological polar surface area (TPSA) is 71.0 Å². The Morgan fingerprint density at radius 3 is 2.55 bits per heavy atom. The molecule has 29 heavy (non-hydrogen) atoms. The van der Waals surface area contributed by atoms with Gasteiger partial charge in [-0.1, -0.05) is 24.3 Å². The standard InChI is InChI=1S/C22H24N2O4S/c1-4-27-18-13-15(11-12-17(18)25)20-19(21(26)28-5-2)14(3)24(22(29)23-20)16-9-7-6-8-10-16/h6-13,20,25H,4-5H2,1-3H3,(H,23,29). The number of anilines is 1. The van der Waals surface area contributed by atoms with E-state index in [9.17, 15) is 9.90 Å². The lowest BCUT2D eigenvalue weighted by Gasteiger charge is -2.37. The van der Waals surface area contributed by atoms with Gasteiger partial charge in [0, 0.05) is 11.4 Å². The molecule has 2 N–H and O–H groups in total. The van der Waals surface area contributed by atoms with Crippen molar-refractivity contribution in [3.63, 3.8) is 0 Å². The van der Waals surface area contributed by atoms with Crippen LogP contribution in [0.25, 0.3) is 0 Å². The van der Waals surface area contributed by atoms with Gasteiger partial charge < -0.3 is 19.9 Å². The summed E-state index contributed by atoms with van der Waals surface area (Å²) in [5.41, 5.74) is 2.74. The van der Waals surface area contributed by atoms with Gasteiger partial charge in [0.25, 0.3) is 0 Å². The third-order valence-corrected chi connectivity index (χ3v) is 4.91. The number of aromatic hydroxyl groups is 1. The molecule has 0 aliphatic carbocycles. The number of ether oxygens (including phenoxy) is 2. The minimum atomic E-state index is -0.527. The van der Waals surface area contributed by atoms with Crippen molar-refractivity contribution in [2.24, 2.45) is 0 Å². The van der Waals surface area contributed by atoms with Crippen LogP contribution >= 0.6 is 12.2 Å². The number of nitrogens with one attached hydrogen (secondary N) is 1. The van der Waals surface area contributed by atoms with Gasteiger partial charge in [0.1, 0.15) is 0 Å². The lowest BCUT2D eigenvalue weighted by atomic mass is 9.94. The van der Waals surface area contributed by atoms with Crippen LogP contribution in [0, 0.1) is 0 Å². The van der Waals surface area contributed by atoms with Gasteiger partial charge in [0.2, 0.25) is 0 Å². The molecular formula is C22H24N2O4S. The smallest absolute Gasteiger partial charge is 0.338 e. The number of hydrogen-bond acceptors (Lipinski definition) is 5. The molecule has 1 aliphatic rings. The van der Waals surface area contributed by atoms with Crippen LogP contribution in [0.2, 0.25) is 0 Å². The maximum Gasteiger partial charge on any atom is 0.338 e.